The summed E-state index contributed by atoms with van der Waals surface area (Å²) < 4.78 is 56.5. The van der Waals surface area contributed by atoms with Gasteiger partial charge < -0.3 is 29.5 Å². The number of nitrogens with one attached hydrogen (secondary N) is 1. The van der Waals surface area contributed by atoms with Crippen molar-refractivity contribution in [1.29, 1.82) is 0 Å². The number of nitrogens with zero attached hydrogens (tertiary/aromatic N) is 1. The van der Waals surface area contributed by atoms with E-state index in [1.54, 1.807) is 31.2 Å². The number of amides is 2. The normalized spacial score (nSPS) is 11.5. The molecule has 11 heteroatoms. The van der Waals surface area contributed by atoms with Gasteiger partial charge in [0.2, 0.25) is 0 Å². The SMILES string of the molecule is CCOC(Cc1ccc(OCCN(CCCOc2ccc(F)cc2)C(=O)Nc2ccc(F)c(F)c2)cc1)C(=O)O. The number of carbonyl (C=O) groups excluding carboxylic acids is 1. The molecule has 0 fully saturated rings. The van der Waals surface area contributed by atoms with Gasteiger partial charge in [-0.3, -0.25) is 0 Å². The minimum Gasteiger partial charge on any atom is -0.494 e. The van der Waals surface area contributed by atoms with Gasteiger partial charge in [0.15, 0.2) is 17.7 Å². The molecule has 3 aromatic carbocycles. The van der Waals surface area contributed by atoms with E-state index in [1.807, 2.05) is 0 Å². The Morgan fingerprint density at radius 1 is 0.875 bits per heavy atom. The molecule has 0 bridgehead atoms. The molecular weight excluding hydrogens is 529 g/mol. The Kier molecular flexibility index (Phi) is 11.6. The highest BCUT2D eigenvalue weighted by atomic mass is 19.2. The summed E-state index contributed by atoms with van der Waals surface area (Å²) in [5, 5.41) is 11.8. The average molecular weight is 561 g/mol. The molecule has 0 radical (unpaired) electrons. The van der Waals surface area contributed by atoms with Crippen molar-refractivity contribution in [2.75, 3.05) is 38.2 Å². The highest BCUT2D eigenvalue weighted by Gasteiger charge is 2.18. The molecule has 3 aromatic rings. The topological polar surface area (TPSA) is 97.3 Å². The maximum Gasteiger partial charge on any atom is 0.333 e. The third-order valence-electron chi connectivity index (χ3n) is 5.73. The van der Waals surface area contributed by atoms with Crippen molar-refractivity contribution in [2.24, 2.45) is 0 Å². The van der Waals surface area contributed by atoms with Crippen LogP contribution < -0.4 is 14.8 Å². The lowest BCUT2D eigenvalue weighted by Crippen LogP contribution is -2.39. The van der Waals surface area contributed by atoms with E-state index >= 15 is 0 Å². The molecule has 8 nitrogen and oxygen atoms in total. The summed E-state index contributed by atoms with van der Waals surface area (Å²) in [6.07, 6.45) is -0.297. The number of halogens is 3. The lowest BCUT2D eigenvalue weighted by molar-refractivity contribution is -0.149. The molecule has 1 atom stereocenters. The van der Waals surface area contributed by atoms with E-state index in [-0.39, 0.29) is 50.8 Å². The second-order valence-electron chi connectivity index (χ2n) is 8.68. The van der Waals surface area contributed by atoms with Crippen LogP contribution in [-0.4, -0.2) is 61.0 Å². The van der Waals surface area contributed by atoms with Gasteiger partial charge in [-0.15, -0.1) is 0 Å². The fourth-order valence-electron chi connectivity index (χ4n) is 3.70. The smallest absolute Gasteiger partial charge is 0.333 e. The van der Waals surface area contributed by atoms with Crippen molar-refractivity contribution in [3.05, 3.63) is 89.7 Å². The maximum absolute atomic E-state index is 13.6. The molecule has 3 rings (SSSR count). The van der Waals surface area contributed by atoms with Crippen molar-refractivity contribution in [2.45, 2.75) is 25.9 Å². The summed E-state index contributed by atoms with van der Waals surface area (Å²) >= 11 is 0. The van der Waals surface area contributed by atoms with Gasteiger partial charge in [0.1, 0.15) is 23.9 Å². The molecule has 0 saturated heterocycles. The van der Waals surface area contributed by atoms with Gasteiger partial charge >= 0.3 is 12.0 Å². The molecule has 214 valence electrons. The number of hydrogen-bond donors (Lipinski definition) is 2. The minimum atomic E-state index is -1.08. The van der Waals surface area contributed by atoms with Crippen LogP contribution in [0.25, 0.3) is 0 Å². The summed E-state index contributed by atoms with van der Waals surface area (Å²) in [5.41, 5.74) is 0.863. The Morgan fingerprint density at radius 3 is 2.15 bits per heavy atom. The first-order chi connectivity index (χ1) is 19.2. The number of carboxylic acids is 1. The van der Waals surface area contributed by atoms with E-state index in [1.165, 1.54) is 35.2 Å². The van der Waals surface area contributed by atoms with E-state index < -0.39 is 29.7 Å². The second kappa shape index (κ2) is 15.4. The fourth-order valence-corrected chi connectivity index (χ4v) is 3.70. The summed E-state index contributed by atoms with van der Waals surface area (Å²) in [6, 6.07) is 15.0. The van der Waals surface area contributed by atoms with E-state index in [0.717, 1.165) is 17.7 Å². The first-order valence-corrected chi connectivity index (χ1v) is 12.7. The molecule has 0 aliphatic carbocycles. The van der Waals surface area contributed by atoms with Crippen molar-refractivity contribution in [3.8, 4) is 11.5 Å². The van der Waals surface area contributed by atoms with Crippen LogP contribution in [0.2, 0.25) is 0 Å². The molecule has 0 spiro atoms. The third kappa shape index (κ3) is 9.81. The number of rotatable bonds is 15. The van der Waals surface area contributed by atoms with E-state index in [4.69, 9.17) is 14.2 Å². The van der Waals surface area contributed by atoms with Crippen LogP contribution in [0.1, 0.15) is 18.9 Å². The van der Waals surface area contributed by atoms with Crippen molar-refractivity contribution in [3.63, 3.8) is 0 Å². The Balaban J connectivity index is 1.55. The van der Waals surface area contributed by atoms with Gasteiger partial charge in [0, 0.05) is 31.3 Å². The monoisotopic (exact) mass is 560 g/mol. The van der Waals surface area contributed by atoms with Gasteiger partial charge in [-0.05, 0) is 67.4 Å². The molecule has 0 aliphatic heterocycles. The summed E-state index contributed by atoms with van der Waals surface area (Å²) in [5.74, 6) is -2.51. The number of carbonyl (C=O) groups is 2. The fraction of sp³-hybridized carbons (Fsp3) is 0.310. The molecule has 0 aliphatic rings. The first kappa shape index (κ1) is 30.3. The molecule has 40 heavy (non-hydrogen) atoms. The van der Waals surface area contributed by atoms with Crippen LogP contribution in [0.5, 0.6) is 11.5 Å². The Bertz CT molecular complexity index is 1240. The molecule has 2 N–H and O–H groups in total. The van der Waals surface area contributed by atoms with E-state index in [9.17, 15) is 27.9 Å². The van der Waals surface area contributed by atoms with Crippen LogP contribution in [-0.2, 0) is 16.0 Å². The molecule has 0 aromatic heterocycles. The number of ether oxygens (including phenoxy) is 3. The number of benzene rings is 3. The summed E-state index contributed by atoms with van der Waals surface area (Å²) in [6.45, 7) is 2.82. The average Bonchev–Trinajstić information content (AvgIpc) is 2.93. The maximum atomic E-state index is 13.6. The van der Waals surface area contributed by atoms with Crippen LogP contribution in [0.3, 0.4) is 0 Å². The Hall–Kier alpha value is -4.25. The highest BCUT2D eigenvalue weighted by Crippen LogP contribution is 2.17. The lowest BCUT2D eigenvalue weighted by atomic mass is 10.1. The van der Waals surface area contributed by atoms with E-state index in [0.29, 0.717) is 17.9 Å². The lowest BCUT2D eigenvalue weighted by Gasteiger charge is -2.23. The first-order valence-electron chi connectivity index (χ1n) is 12.7. The quantitative estimate of drug-likeness (QED) is 0.238. The van der Waals surface area contributed by atoms with Crippen molar-refractivity contribution < 1.29 is 42.1 Å². The summed E-state index contributed by atoms with van der Waals surface area (Å²) in [7, 11) is 0. The van der Waals surface area contributed by atoms with Gasteiger partial charge in [-0.25, -0.2) is 22.8 Å². The standard InChI is InChI=1S/C29H31F3N2O6/c1-2-38-27(28(35)36)18-20-4-9-23(10-5-20)40-17-15-34(14-3-16-39-24-11-6-21(30)7-12-24)29(37)33-22-8-13-25(31)26(32)19-22/h4-13,19,27H,2-3,14-18H2,1H3,(H,33,37)(H,35,36). The van der Waals surface area contributed by atoms with Crippen molar-refractivity contribution >= 4 is 17.7 Å². The van der Waals surface area contributed by atoms with Crippen LogP contribution in [0.4, 0.5) is 23.7 Å². The number of carboxylic acid groups (broad SMARTS) is 1. The predicted molar refractivity (Wildman–Crippen MR) is 142 cm³/mol. The van der Waals surface area contributed by atoms with Crippen LogP contribution in [0, 0.1) is 17.5 Å². The zero-order chi connectivity index (χ0) is 28.9. The van der Waals surface area contributed by atoms with E-state index in [2.05, 4.69) is 5.32 Å². The van der Waals surface area contributed by atoms with Gasteiger partial charge in [-0.1, -0.05) is 12.1 Å². The molecule has 0 saturated carbocycles. The molecule has 2 amide bonds. The van der Waals surface area contributed by atoms with Crippen LogP contribution in [0.15, 0.2) is 66.7 Å². The zero-order valence-electron chi connectivity index (χ0n) is 21.9. The van der Waals surface area contributed by atoms with Gasteiger partial charge in [-0.2, -0.15) is 0 Å². The van der Waals surface area contributed by atoms with Crippen molar-refractivity contribution in [1.82, 2.24) is 4.90 Å². The predicted octanol–water partition coefficient (Wildman–Crippen LogP) is 5.52. The number of aliphatic carboxylic acids is 1. The van der Waals surface area contributed by atoms with Gasteiger partial charge in [0.25, 0.3) is 0 Å². The second-order valence-corrected chi connectivity index (χ2v) is 8.68. The third-order valence-corrected chi connectivity index (χ3v) is 5.73. The summed E-state index contributed by atoms with van der Waals surface area (Å²) in [4.78, 5) is 25.7. The Morgan fingerprint density at radius 2 is 1.52 bits per heavy atom. The zero-order valence-corrected chi connectivity index (χ0v) is 21.9. The largest absolute Gasteiger partial charge is 0.494 e. The highest BCUT2D eigenvalue weighted by molar-refractivity contribution is 5.89. The van der Waals surface area contributed by atoms with Crippen LogP contribution >= 0.6 is 0 Å². The van der Waals surface area contributed by atoms with Gasteiger partial charge in [0.05, 0.1) is 13.2 Å². The Labute approximate surface area is 230 Å². The minimum absolute atomic E-state index is 0.0969. The molecular formula is C29H31F3N2O6. The molecule has 1 unspecified atom stereocenters. The number of urea groups is 1. The number of hydrogen-bond acceptors (Lipinski definition) is 5. The molecule has 0 heterocycles. The number of anilines is 1.